The van der Waals surface area contributed by atoms with Crippen LogP contribution in [0.2, 0.25) is 5.02 Å². The summed E-state index contributed by atoms with van der Waals surface area (Å²) >= 11 is 12.2. The Morgan fingerprint density at radius 2 is 1.39 bits per heavy atom. The minimum Gasteiger partial charge on any atom is -0.487 e. The Morgan fingerprint density at radius 1 is 0.789 bits per heavy atom. The number of hydrogen-bond donors (Lipinski definition) is 0. The molecule has 188 valence electrons. The predicted molar refractivity (Wildman–Crippen MR) is 155 cm³/mol. The number of aryl methyl sites for hydroxylation is 1. The minimum absolute atomic E-state index is 0.0317. The number of carbonyl (C=O) groups is 2. The van der Waals surface area contributed by atoms with Crippen LogP contribution in [0.3, 0.4) is 0 Å². The third kappa shape index (κ3) is 5.23. The number of amides is 2. The van der Waals surface area contributed by atoms with Crippen LogP contribution in [0.5, 0.6) is 5.75 Å². The fourth-order valence-corrected chi connectivity index (χ4v) is 4.81. The van der Waals surface area contributed by atoms with Gasteiger partial charge in [-0.1, -0.05) is 83.9 Å². The van der Waals surface area contributed by atoms with Crippen molar-refractivity contribution in [2.75, 3.05) is 9.80 Å². The van der Waals surface area contributed by atoms with Crippen molar-refractivity contribution >= 4 is 58.2 Å². The van der Waals surface area contributed by atoms with Gasteiger partial charge in [-0.2, -0.15) is 0 Å². The van der Waals surface area contributed by atoms with Gasteiger partial charge in [-0.25, -0.2) is 0 Å². The summed E-state index contributed by atoms with van der Waals surface area (Å²) in [5, 5.41) is 0.463. The average Bonchev–Trinajstić information content (AvgIpc) is 2.92. The summed E-state index contributed by atoms with van der Waals surface area (Å²) < 4.78 is 5.91. The summed E-state index contributed by atoms with van der Waals surface area (Å²) in [5.74, 6) is -0.502. The van der Waals surface area contributed by atoms with E-state index in [2.05, 4.69) is 6.07 Å². The smallest absolute Gasteiger partial charge is 0.270 e. The van der Waals surface area contributed by atoms with E-state index in [9.17, 15) is 9.59 Å². The van der Waals surface area contributed by atoms with Crippen molar-refractivity contribution in [1.82, 2.24) is 0 Å². The highest BCUT2D eigenvalue weighted by atomic mass is 35.5. The van der Waals surface area contributed by atoms with Crippen LogP contribution in [0.25, 0.3) is 6.08 Å². The number of anilines is 2. The van der Waals surface area contributed by atoms with Gasteiger partial charge < -0.3 is 4.74 Å². The number of halogens is 1. The van der Waals surface area contributed by atoms with Crippen LogP contribution in [-0.4, -0.2) is 16.9 Å². The van der Waals surface area contributed by atoms with Crippen LogP contribution >= 0.6 is 23.8 Å². The van der Waals surface area contributed by atoms with E-state index in [-0.39, 0.29) is 10.7 Å². The van der Waals surface area contributed by atoms with Crippen molar-refractivity contribution in [3.63, 3.8) is 0 Å². The normalized spacial score (nSPS) is 13.6. The van der Waals surface area contributed by atoms with Gasteiger partial charge in [0.2, 0.25) is 0 Å². The van der Waals surface area contributed by atoms with E-state index >= 15 is 0 Å². The number of nitrogens with zero attached hydrogens (tertiary/aromatic N) is 2. The topological polar surface area (TPSA) is 49.9 Å². The first-order valence-electron chi connectivity index (χ1n) is 11.9. The number of benzene rings is 4. The molecule has 1 saturated heterocycles. The van der Waals surface area contributed by atoms with E-state index in [1.807, 2.05) is 61.5 Å². The standard InChI is InChI=1S/C31H23ClN2O3S/c1-21-9-8-10-23(17-21)20-37-28-16-15-22(19-27(28)32)18-26-29(35)33(24-11-4-2-5-12-24)31(38)34(30(26)36)25-13-6-3-7-14-25/h2-19H,20H2,1H3. The van der Waals surface area contributed by atoms with Crippen molar-refractivity contribution in [2.45, 2.75) is 13.5 Å². The van der Waals surface area contributed by atoms with Gasteiger partial charge in [0.05, 0.1) is 16.4 Å². The zero-order valence-electron chi connectivity index (χ0n) is 20.5. The number of rotatable bonds is 6. The average molecular weight is 539 g/mol. The Bertz CT molecular complexity index is 1490. The van der Waals surface area contributed by atoms with Crippen molar-refractivity contribution in [3.05, 3.63) is 130 Å². The molecule has 1 aliphatic heterocycles. The second-order valence-corrected chi connectivity index (χ2v) is 9.53. The van der Waals surface area contributed by atoms with Crippen LogP contribution in [0.15, 0.2) is 109 Å². The maximum absolute atomic E-state index is 13.6. The minimum atomic E-state index is -0.505. The maximum Gasteiger partial charge on any atom is 0.270 e. The van der Waals surface area contributed by atoms with Crippen molar-refractivity contribution < 1.29 is 14.3 Å². The Labute approximate surface area is 231 Å². The molecule has 1 fully saturated rings. The predicted octanol–water partition coefficient (Wildman–Crippen LogP) is 6.98. The van der Waals surface area contributed by atoms with Crippen molar-refractivity contribution in [3.8, 4) is 5.75 Å². The SMILES string of the molecule is Cc1cccc(COc2ccc(C=C3C(=O)N(c4ccccc4)C(=S)N(c4ccccc4)C3=O)cc2Cl)c1. The quantitative estimate of drug-likeness (QED) is 0.151. The number of hydrogen-bond acceptors (Lipinski definition) is 4. The van der Waals surface area contributed by atoms with Crippen LogP contribution in [-0.2, 0) is 16.2 Å². The summed E-state index contributed by atoms with van der Waals surface area (Å²) in [6.07, 6.45) is 1.54. The summed E-state index contributed by atoms with van der Waals surface area (Å²) in [5.41, 5.74) is 3.87. The first kappa shape index (κ1) is 25.4. The molecule has 0 aliphatic carbocycles. The highest BCUT2D eigenvalue weighted by molar-refractivity contribution is 7.81. The number of ether oxygens (including phenoxy) is 1. The lowest BCUT2D eigenvalue weighted by Gasteiger charge is -2.36. The maximum atomic E-state index is 13.6. The highest BCUT2D eigenvalue weighted by Crippen LogP contribution is 2.31. The third-order valence-electron chi connectivity index (χ3n) is 6.02. The summed E-state index contributed by atoms with van der Waals surface area (Å²) in [4.78, 5) is 30.0. The number of carbonyl (C=O) groups excluding carboxylic acids is 2. The van der Waals surface area contributed by atoms with Gasteiger partial charge in [0.1, 0.15) is 17.9 Å². The molecule has 0 aromatic heterocycles. The number of para-hydroxylation sites is 2. The molecule has 0 atom stereocenters. The molecule has 2 amide bonds. The lowest BCUT2D eigenvalue weighted by atomic mass is 10.0. The Balaban J connectivity index is 1.48. The zero-order valence-corrected chi connectivity index (χ0v) is 22.1. The molecule has 4 aromatic rings. The lowest BCUT2D eigenvalue weighted by Crippen LogP contribution is -2.56. The zero-order chi connectivity index (χ0) is 26.6. The molecule has 1 heterocycles. The monoisotopic (exact) mass is 538 g/mol. The molecule has 1 aliphatic rings. The molecule has 5 nitrogen and oxygen atoms in total. The van der Waals surface area contributed by atoms with Gasteiger partial charge in [0, 0.05) is 0 Å². The molecule has 4 aromatic carbocycles. The molecule has 38 heavy (non-hydrogen) atoms. The molecule has 0 unspecified atom stereocenters. The molecular weight excluding hydrogens is 516 g/mol. The van der Waals surface area contributed by atoms with Gasteiger partial charge in [0.15, 0.2) is 5.11 Å². The van der Waals surface area contributed by atoms with Gasteiger partial charge >= 0.3 is 0 Å². The number of thiocarbonyl (C=S) groups is 1. The molecule has 0 saturated carbocycles. The molecule has 0 radical (unpaired) electrons. The molecule has 7 heteroatoms. The van der Waals surface area contributed by atoms with Crippen LogP contribution in [0.4, 0.5) is 11.4 Å². The Hall–Kier alpha value is -4.26. The second-order valence-electron chi connectivity index (χ2n) is 8.76. The van der Waals surface area contributed by atoms with Gasteiger partial charge in [-0.3, -0.25) is 19.4 Å². The fourth-order valence-electron chi connectivity index (χ4n) is 4.19. The van der Waals surface area contributed by atoms with Gasteiger partial charge in [0.25, 0.3) is 11.8 Å². The first-order valence-corrected chi connectivity index (χ1v) is 12.7. The largest absolute Gasteiger partial charge is 0.487 e. The van der Waals surface area contributed by atoms with Crippen LogP contribution in [0, 0.1) is 6.92 Å². The van der Waals surface area contributed by atoms with E-state index in [1.54, 1.807) is 42.5 Å². The molecule has 5 rings (SSSR count). The molecule has 0 bridgehead atoms. The third-order valence-corrected chi connectivity index (χ3v) is 6.68. The van der Waals surface area contributed by atoms with E-state index in [4.69, 9.17) is 28.6 Å². The van der Waals surface area contributed by atoms with E-state index in [0.29, 0.717) is 34.3 Å². The lowest BCUT2D eigenvalue weighted by molar-refractivity contribution is -0.120. The summed E-state index contributed by atoms with van der Waals surface area (Å²) in [7, 11) is 0. The molecule has 0 spiro atoms. The molecule has 0 N–H and O–H groups in total. The molecular formula is C31H23ClN2O3S. The van der Waals surface area contributed by atoms with Gasteiger partial charge in [-0.15, -0.1) is 0 Å². The Morgan fingerprint density at radius 3 is 1.95 bits per heavy atom. The van der Waals surface area contributed by atoms with E-state index < -0.39 is 11.8 Å². The Kier molecular flexibility index (Phi) is 7.36. The van der Waals surface area contributed by atoms with Crippen LogP contribution in [0.1, 0.15) is 16.7 Å². The van der Waals surface area contributed by atoms with Crippen molar-refractivity contribution in [1.29, 1.82) is 0 Å². The highest BCUT2D eigenvalue weighted by Gasteiger charge is 2.41. The van der Waals surface area contributed by atoms with Crippen molar-refractivity contribution in [2.24, 2.45) is 0 Å². The van der Waals surface area contributed by atoms with Crippen LogP contribution < -0.4 is 14.5 Å². The van der Waals surface area contributed by atoms with Gasteiger partial charge in [-0.05, 0) is 72.7 Å². The second kappa shape index (κ2) is 11.0. The van der Waals surface area contributed by atoms with E-state index in [0.717, 1.165) is 11.1 Å². The summed E-state index contributed by atoms with van der Waals surface area (Å²) in [6, 6.07) is 31.3. The fraction of sp³-hybridized carbons (Fsp3) is 0.0645. The summed E-state index contributed by atoms with van der Waals surface area (Å²) in [6.45, 7) is 2.39. The van der Waals surface area contributed by atoms with E-state index in [1.165, 1.54) is 15.9 Å². The first-order chi connectivity index (χ1) is 18.4.